The largest absolute Gasteiger partial charge is 0.469 e. The first-order chi connectivity index (χ1) is 7.24. The maximum absolute atomic E-state index is 5.55. The van der Waals surface area contributed by atoms with E-state index in [1.807, 2.05) is 6.07 Å². The Morgan fingerprint density at radius 3 is 3.00 bits per heavy atom. The lowest BCUT2D eigenvalue weighted by molar-refractivity contribution is 0.260. The van der Waals surface area contributed by atoms with Gasteiger partial charge in [-0.1, -0.05) is 0 Å². The van der Waals surface area contributed by atoms with Crippen LogP contribution in [-0.4, -0.2) is 9.97 Å². The van der Waals surface area contributed by atoms with Crippen molar-refractivity contribution in [1.29, 1.82) is 0 Å². The Morgan fingerprint density at radius 1 is 1.47 bits per heavy atom. The van der Waals surface area contributed by atoms with Crippen LogP contribution in [0.3, 0.4) is 0 Å². The van der Waals surface area contributed by atoms with E-state index in [2.05, 4.69) is 9.97 Å². The maximum atomic E-state index is 5.55. The van der Waals surface area contributed by atoms with Crippen molar-refractivity contribution in [2.75, 3.05) is 5.73 Å². The number of hydrogen-bond donors (Lipinski definition) is 1. The molecule has 0 fully saturated rings. The fourth-order valence-electron chi connectivity index (χ4n) is 1.18. The van der Waals surface area contributed by atoms with Gasteiger partial charge in [-0.3, -0.25) is 0 Å². The van der Waals surface area contributed by atoms with Gasteiger partial charge in [-0.05, 0) is 19.1 Å². The molecule has 2 aromatic rings. The molecule has 0 bridgehead atoms. The van der Waals surface area contributed by atoms with Crippen molar-refractivity contribution >= 4 is 5.82 Å². The smallest absolute Gasteiger partial charge is 0.219 e. The van der Waals surface area contributed by atoms with Crippen LogP contribution in [0.5, 0.6) is 5.88 Å². The minimum atomic E-state index is 0.336. The highest BCUT2D eigenvalue weighted by Gasteiger charge is 2.01. The molecule has 0 aliphatic heterocycles. The van der Waals surface area contributed by atoms with E-state index in [0.29, 0.717) is 24.1 Å². The number of rotatable bonds is 3. The number of nitrogens with zero attached hydrogens (tertiary/aromatic N) is 2. The summed E-state index contributed by atoms with van der Waals surface area (Å²) in [6.07, 6.45) is 1.60. The SMILES string of the molecule is Cc1nc(N)cc(OCc2ccco2)n1. The van der Waals surface area contributed by atoms with Crippen molar-refractivity contribution in [2.45, 2.75) is 13.5 Å². The average molecular weight is 205 g/mol. The second-order valence-electron chi connectivity index (χ2n) is 3.05. The molecule has 5 nitrogen and oxygen atoms in total. The van der Waals surface area contributed by atoms with Crippen LogP contribution in [0.4, 0.5) is 5.82 Å². The molecule has 0 aliphatic rings. The Balaban J connectivity index is 2.05. The third-order valence-corrected chi connectivity index (χ3v) is 1.78. The third kappa shape index (κ3) is 2.46. The van der Waals surface area contributed by atoms with E-state index in [-0.39, 0.29) is 0 Å². The van der Waals surface area contributed by atoms with E-state index >= 15 is 0 Å². The van der Waals surface area contributed by atoms with Gasteiger partial charge < -0.3 is 14.9 Å². The average Bonchev–Trinajstić information content (AvgIpc) is 2.65. The van der Waals surface area contributed by atoms with Crippen LogP contribution in [-0.2, 0) is 6.61 Å². The molecule has 0 unspecified atom stereocenters. The molecule has 2 heterocycles. The second-order valence-corrected chi connectivity index (χ2v) is 3.05. The van der Waals surface area contributed by atoms with Crippen LogP contribution >= 0.6 is 0 Å². The van der Waals surface area contributed by atoms with Crippen molar-refractivity contribution in [3.8, 4) is 5.88 Å². The monoisotopic (exact) mass is 205 g/mol. The summed E-state index contributed by atoms with van der Waals surface area (Å²) in [4.78, 5) is 8.02. The van der Waals surface area contributed by atoms with Gasteiger partial charge in [-0.15, -0.1) is 0 Å². The zero-order chi connectivity index (χ0) is 10.7. The maximum Gasteiger partial charge on any atom is 0.219 e. The molecule has 0 atom stereocenters. The predicted octanol–water partition coefficient (Wildman–Crippen LogP) is 1.54. The number of aryl methyl sites for hydroxylation is 1. The molecule has 5 heteroatoms. The van der Waals surface area contributed by atoms with Gasteiger partial charge in [0.25, 0.3) is 0 Å². The summed E-state index contributed by atoms with van der Waals surface area (Å²) < 4.78 is 10.5. The van der Waals surface area contributed by atoms with Crippen molar-refractivity contribution < 1.29 is 9.15 Å². The lowest BCUT2D eigenvalue weighted by Gasteiger charge is -2.04. The van der Waals surface area contributed by atoms with Crippen LogP contribution in [0.25, 0.3) is 0 Å². The summed E-state index contributed by atoms with van der Waals surface area (Å²) >= 11 is 0. The normalized spacial score (nSPS) is 10.2. The van der Waals surface area contributed by atoms with Crippen LogP contribution in [0.1, 0.15) is 11.6 Å². The highest BCUT2D eigenvalue weighted by molar-refractivity contribution is 5.32. The van der Waals surface area contributed by atoms with Gasteiger partial charge in [0, 0.05) is 6.07 Å². The highest BCUT2D eigenvalue weighted by Crippen LogP contribution is 2.12. The molecule has 78 valence electrons. The zero-order valence-electron chi connectivity index (χ0n) is 8.30. The number of nitrogen functional groups attached to an aromatic ring is 1. The molecule has 0 saturated heterocycles. The Morgan fingerprint density at radius 2 is 2.33 bits per heavy atom. The van der Waals surface area contributed by atoms with Crippen LogP contribution in [0, 0.1) is 6.92 Å². The molecule has 0 aromatic carbocycles. The van der Waals surface area contributed by atoms with Gasteiger partial charge >= 0.3 is 0 Å². The Kier molecular flexibility index (Phi) is 2.53. The first-order valence-corrected chi connectivity index (χ1v) is 4.50. The highest BCUT2D eigenvalue weighted by atomic mass is 16.5. The minimum Gasteiger partial charge on any atom is -0.469 e. The second kappa shape index (κ2) is 4.00. The molecule has 2 rings (SSSR count). The standard InChI is InChI=1S/C10H11N3O2/c1-7-12-9(11)5-10(13-7)15-6-8-3-2-4-14-8/h2-5H,6H2,1H3,(H2,11,12,13). The first-order valence-electron chi connectivity index (χ1n) is 4.50. The van der Waals surface area contributed by atoms with E-state index in [1.165, 1.54) is 0 Å². The van der Waals surface area contributed by atoms with Gasteiger partial charge in [-0.2, -0.15) is 4.98 Å². The van der Waals surface area contributed by atoms with Crippen molar-refractivity contribution in [3.63, 3.8) is 0 Å². The van der Waals surface area contributed by atoms with Crippen molar-refractivity contribution in [2.24, 2.45) is 0 Å². The van der Waals surface area contributed by atoms with E-state index in [0.717, 1.165) is 5.76 Å². The summed E-state index contributed by atoms with van der Waals surface area (Å²) in [7, 11) is 0. The lowest BCUT2D eigenvalue weighted by atomic mass is 10.5. The number of furan rings is 1. The summed E-state index contributed by atoms with van der Waals surface area (Å²) in [5.41, 5.74) is 5.55. The topological polar surface area (TPSA) is 74.2 Å². The molecular weight excluding hydrogens is 194 g/mol. The Labute approximate surface area is 86.9 Å². The molecule has 15 heavy (non-hydrogen) atoms. The summed E-state index contributed by atoms with van der Waals surface area (Å²) in [5.74, 6) is 2.18. The first kappa shape index (κ1) is 9.51. The van der Waals surface area contributed by atoms with E-state index in [4.69, 9.17) is 14.9 Å². The Bertz CT molecular complexity index is 420. The fraction of sp³-hybridized carbons (Fsp3) is 0.200. The van der Waals surface area contributed by atoms with Crippen molar-refractivity contribution in [1.82, 2.24) is 9.97 Å². The van der Waals surface area contributed by atoms with Crippen LogP contribution < -0.4 is 10.5 Å². The molecule has 0 spiro atoms. The fourth-order valence-corrected chi connectivity index (χ4v) is 1.18. The molecule has 0 saturated carbocycles. The number of hydrogen-bond acceptors (Lipinski definition) is 5. The number of anilines is 1. The van der Waals surface area contributed by atoms with Gasteiger partial charge in [0.1, 0.15) is 24.0 Å². The summed E-state index contributed by atoms with van der Waals surface area (Å²) in [6, 6.07) is 5.21. The molecular formula is C10H11N3O2. The van der Waals surface area contributed by atoms with Gasteiger partial charge in [0.15, 0.2) is 0 Å². The van der Waals surface area contributed by atoms with E-state index in [9.17, 15) is 0 Å². The molecule has 0 radical (unpaired) electrons. The summed E-state index contributed by atoms with van der Waals surface area (Å²) in [6.45, 7) is 2.10. The number of ether oxygens (including phenoxy) is 1. The summed E-state index contributed by atoms with van der Waals surface area (Å²) in [5, 5.41) is 0. The van der Waals surface area contributed by atoms with Crippen molar-refractivity contribution in [3.05, 3.63) is 36.0 Å². The van der Waals surface area contributed by atoms with Gasteiger partial charge in [0.05, 0.1) is 6.26 Å². The zero-order valence-corrected chi connectivity index (χ0v) is 8.30. The van der Waals surface area contributed by atoms with Gasteiger partial charge in [-0.25, -0.2) is 4.98 Å². The quantitative estimate of drug-likeness (QED) is 0.822. The van der Waals surface area contributed by atoms with E-state index < -0.39 is 0 Å². The van der Waals surface area contributed by atoms with Gasteiger partial charge in [0.2, 0.25) is 5.88 Å². The predicted molar refractivity (Wildman–Crippen MR) is 54.2 cm³/mol. The van der Waals surface area contributed by atoms with E-state index in [1.54, 1.807) is 25.3 Å². The molecule has 0 amide bonds. The molecule has 0 aliphatic carbocycles. The van der Waals surface area contributed by atoms with Crippen LogP contribution in [0.15, 0.2) is 28.9 Å². The molecule has 2 N–H and O–H groups in total. The van der Waals surface area contributed by atoms with Crippen LogP contribution in [0.2, 0.25) is 0 Å². The third-order valence-electron chi connectivity index (χ3n) is 1.78. The Hall–Kier alpha value is -2.04. The lowest BCUT2D eigenvalue weighted by Crippen LogP contribution is -2.01. The minimum absolute atomic E-state index is 0.336. The number of nitrogens with two attached hydrogens (primary N) is 1. The molecule has 2 aromatic heterocycles. The number of aromatic nitrogens is 2.